The number of carbonyl (C=O) groups is 4. The Bertz CT molecular complexity index is 1090. The SMILES string of the molecule is CC(=O)N1CSCC1C(=O)NC(Cc1cccc(NC(=O)Cc2c(Cl)cccc2Cl)c1)C(=O)O. The molecule has 180 valence electrons. The Labute approximate surface area is 211 Å². The van der Waals surface area contributed by atoms with Gasteiger partial charge in [0.15, 0.2) is 0 Å². The van der Waals surface area contributed by atoms with Crippen molar-refractivity contribution in [3.8, 4) is 0 Å². The minimum atomic E-state index is -1.20. The van der Waals surface area contributed by atoms with Crippen molar-refractivity contribution in [2.24, 2.45) is 0 Å². The maximum atomic E-state index is 12.6. The van der Waals surface area contributed by atoms with E-state index in [1.807, 2.05) is 0 Å². The summed E-state index contributed by atoms with van der Waals surface area (Å²) < 4.78 is 0. The lowest BCUT2D eigenvalue weighted by molar-refractivity contribution is -0.143. The van der Waals surface area contributed by atoms with Crippen molar-refractivity contribution in [1.29, 1.82) is 0 Å². The zero-order chi connectivity index (χ0) is 24.8. The van der Waals surface area contributed by atoms with E-state index in [0.29, 0.717) is 38.5 Å². The summed E-state index contributed by atoms with van der Waals surface area (Å²) in [6, 6.07) is 9.79. The molecule has 1 aliphatic heterocycles. The van der Waals surface area contributed by atoms with Crippen molar-refractivity contribution >= 4 is 64.3 Å². The molecular weight excluding hydrogens is 501 g/mol. The molecule has 0 bridgehead atoms. The van der Waals surface area contributed by atoms with Crippen molar-refractivity contribution in [2.75, 3.05) is 16.9 Å². The van der Waals surface area contributed by atoms with E-state index in [9.17, 15) is 24.3 Å². The minimum Gasteiger partial charge on any atom is -0.480 e. The molecule has 0 aliphatic carbocycles. The van der Waals surface area contributed by atoms with E-state index < -0.39 is 24.0 Å². The highest BCUT2D eigenvalue weighted by Crippen LogP contribution is 2.25. The van der Waals surface area contributed by atoms with Crippen molar-refractivity contribution in [3.63, 3.8) is 0 Å². The first-order valence-corrected chi connectivity index (χ1v) is 12.3. The summed E-state index contributed by atoms with van der Waals surface area (Å²) >= 11 is 13.7. The maximum absolute atomic E-state index is 12.6. The second kappa shape index (κ2) is 11.6. The lowest BCUT2D eigenvalue weighted by Gasteiger charge is -2.23. The van der Waals surface area contributed by atoms with Gasteiger partial charge < -0.3 is 20.6 Å². The summed E-state index contributed by atoms with van der Waals surface area (Å²) in [7, 11) is 0. The third-order valence-corrected chi connectivity index (χ3v) is 6.97. The van der Waals surface area contributed by atoms with Crippen LogP contribution in [0.2, 0.25) is 10.0 Å². The Morgan fingerprint density at radius 2 is 1.82 bits per heavy atom. The molecule has 8 nitrogen and oxygen atoms in total. The number of nitrogens with zero attached hydrogens (tertiary/aromatic N) is 1. The van der Waals surface area contributed by atoms with Crippen LogP contribution in [0.3, 0.4) is 0 Å². The van der Waals surface area contributed by atoms with Crippen LogP contribution in [0.1, 0.15) is 18.1 Å². The fourth-order valence-electron chi connectivity index (χ4n) is 3.52. The van der Waals surface area contributed by atoms with E-state index in [2.05, 4.69) is 10.6 Å². The number of halogens is 2. The van der Waals surface area contributed by atoms with Crippen LogP contribution < -0.4 is 10.6 Å². The number of hydrogen-bond donors (Lipinski definition) is 3. The Kier molecular flexibility index (Phi) is 8.82. The second-order valence-corrected chi connectivity index (χ2v) is 9.55. The van der Waals surface area contributed by atoms with Gasteiger partial charge in [-0.15, -0.1) is 11.8 Å². The summed E-state index contributed by atoms with van der Waals surface area (Å²) in [5.41, 5.74) is 1.58. The van der Waals surface area contributed by atoms with E-state index in [-0.39, 0.29) is 24.7 Å². The molecule has 1 heterocycles. The fourth-order valence-corrected chi connectivity index (χ4v) is 5.27. The molecule has 3 N–H and O–H groups in total. The van der Waals surface area contributed by atoms with Gasteiger partial charge in [-0.05, 0) is 35.4 Å². The Morgan fingerprint density at radius 1 is 1.15 bits per heavy atom. The van der Waals surface area contributed by atoms with Gasteiger partial charge in [0.1, 0.15) is 12.1 Å². The highest BCUT2D eigenvalue weighted by molar-refractivity contribution is 7.99. The van der Waals surface area contributed by atoms with Gasteiger partial charge in [0, 0.05) is 34.8 Å². The van der Waals surface area contributed by atoms with Gasteiger partial charge in [-0.3, -0.25) is 14.4 Å². The Hall–Kier alpha value is -2.75. The number of aliphatic carboxylic acids is 1. The normalized spacial score (nSPS) is 16.1. The van der Waals surface area contributed by atoms with E-state index in [1.54, 1.807) is 42.5 Å². The third-order valence-electron chi connectivity index (χ3n) is 5.25. The van der Waals surface area contributed by atoms with Gasteiger partial charge in [-0.1, -0.05) is 41.4 Å². The van der Waals surface area contributed by atoms with Crippen molar-refractivity contribution in [3.05, 3.63) is 63.6 Å². The number of nitrogens with one attached hydrogen (secondary N) is 2. The number of amides is 3. The lowest BCUT2D eigenvalue weighted by atomic mass is 10.0. The van der Waals surface area contributed by atoms with Gasteiger partial charge in [-0.25, -0.2) is 4.79 Å². The molecule has 3 amide bonds. The standard InChI is InChI=1S/C23H23Cl2N3O5S/c1-13(29)28-12-34-11-20(28)22(31)27-19(23(32)33)9-14-4-2-5-15(8-14)26-21(30)10-16-17(24)6-3-7-18(16)25/h2-8,19-20H,9-12H2,1H3,(H,26,30)(H,27,31)(H,32,33). The van der Waals surface area contributed by atoms with Crippen molar-refractivity contribution < 1.29 is 24.3 Å². The molecule has 0 spiro atoms. The maximum Gasteiger partial charge on any atom is 0.326 e. The van der Waals surface area contributed by atoms with E-state index in [0.717, 1.165) is 0 Å². The first-order chi connectivity index (χ1) is 16.2. The predicted octanol–water partition coefficient (Wildman–Crippen LogP) is 3.21. The number of hydrogen-bond acceptors (Lipinski definition) is 5. The number of thioether (sulfide) groups is 1. The van der Waals surface area contributed by atoms with Gasteiger partial charge in [0.25, 0.3) is 0 Å². The molecule has 0 aromatic heterocycles. The van der Waals surface area contributed by atoms with E-state index in [1.165, 1.54) is 23.6 Å². The Balaban J connectivity index is 1.65. The summed E-state index contributed by atoms with van der Waals surface area (Å²) in [6.07, 6.45) is -0.0242. The Morgan fingerprint density at radius 3 is 2.47 bits per heavy atom. The van der Waals surface area contributed by atoms with Gasteiger partial charge in [0.05, 0.1) is 12.3 Å². The van der Waals surface area contributed by atoms with Gasteiger partial charge in [0.2, 0.25) is 17.7 Å². The largest absolute Gasteiger partial charge is 0.480 e. The minimum absolute atomic E-state index is 0.00105. The van der Waals surface area contributed by atoms with Crippen molar-refractivity contribution in [1.82, 2.24) is 10.2 Å². The quantitative estimate of drug-likeness (QED) is 0.489. The average molecular weight is 524 g/mol. The summed E-state index contributed by atoms with van der Waals surface area (Å²) in [5, 5.41) is 15.7. The molecule has 2 unspecified atom stereocenters. The molecule has 3 rings (SSSR count). The average Bonchev–Trinajstić information content (AvgIpc) is 3.27. The van der Waals surface area contributed by atoms with E-state index in [4.69, 9.17) is 23.2 Å². The molecule has 1 saturated heterocycles. The first kappa shape index (κ1) is 25.9. The molecular formula is C23H23Cl2N3O5S. The zero-order valence-corrected chi connectivity index (χ0v) is 20.5. The first-order valence-electron chi connectivity index (χ1n) is 10.4. The highest BCUT2D eigenvalue weighted by Gasteiger charge is 2.35. The molecule has 0 radical (unpaired) electrons. The number of benzene rings is 2. The number of carbonyl (C=O) groups excluding carboxylic acids is 3. The monoisotopic (exact) mass is 523 g/mol. The topological polar surface area (TPSA) is 116 Å². The third kappa shape index (κ3) is 6.65. The van der Waals surface area contributed by atoms with Crippen molar-refractivity contribution in [2.45, 2.75) is 31.8 Å². The van der Waals surface area contributed by atoms with Crippen LogP contribution >= 0.6 is 35.0 Å². The molecule has 2 atom stereocenters. The second-order valence-electron chi connectivity index (χ2n) is 7.73. The van der Waals surface area contributed by atoms with Crippen LogP contribution in [0, 0.1) is 0 Å². The van der Waals surface area contributed by atoms with Crippen LogP contribution in [-0.2, 0) is 32.0 Å². The summed E-state index contributed by atoms with van der Waals surface area (Å²) in [6.45, 7) is 1.38. The lowest BCUT2D eigenvalue weighted by Crippen LogP contribution is -2.52. The van der Waals surface area contributed by atoms with Crippen LogP contribution in [0.15, 0.2) is 42.5 Å². The number of carboxylic acid groups (broad SMARTS) is 1. The number of anilines is 1. The molecule has 34 heavy (non-hydrogen) atoms. The van der Waals surface area contributed by atoms with Gasteiger partial charge >= 0.3 is 5.97 Å². The van der Waals surface area contributed by atoms with Crippen LogP contribution in [0.25, 0.3) is 0 Å². The highest BCUT2D eigenvalue weighted by atomic mass is 35.5. The molecule has 11 heteroatoms. The van der Waals surface area contributed by atoms with Crippen LogP contribution in [0.4, 0.5) is 5.69 Å². The van der Waals surface area contributed by atoms with Gasteiger partial charge in [-0.2, -0.15) is 0 Å². The molecule has 1 aliphatic rings. The molecule has 2 aromatic rings. The molecule has 0 saturated carbocycles. The summed E-state index contributed by atoms with van der Waals surface area (Å²) in [4.78, 5) is 50.1. The fraction of sp³-hybridized carbons (Fsp3) is 0.304. The molecule has 2 aromatic carbocycles. The van der Waals surface area contributed by atoms with Crippen LogP contribution in [0.5, 0.6) is 0 Å². The number of carboxylic acids is 1. The number of rotatable bonds is 8. The molecule has 1 fully saturated rings. The predicted molar refractivity (Wildman–Crippen MR) is 132 cm³/mol. The van der Waals surface area contributed by atoms with E-state index >= 15 is 0 Å². The summed E-state index contributed by atoms with van der Waals surface area (Å²) in [5.74, 6) is -1.47. The smallest absolute Gasteiger partial charge is 0.326 e. The zero-order valence-electron chi connectivity index (χ0n) is 18.2. The van der Waals surface area contributed by atoms with Crippen LogP contribution in [-0.4, -0.2) is 57.4 Å².